The largest absolute Gasteiger partial charge is 0.325 e. The van der Waals surface area contributed by atoms with Crippen molar-refractivity contribution in [3.8, 4) is 0 Å². The van der Waals surface area contributed by atoms with Gasteiger partial charge in [0.25, 0.3) is 0 Å². The van der Waals surface area contributed by atoms with Gasteiger partial charge in [0.15, 0.2) is 0 Å². The Morgan fingerprint density at radius 3 is 2.68 bits per heavy atom. The van der Waals surface area contributed by atoms with E-state index in [0.29, 0.717) is 12.2 Å². The molecular weight excluding hydrogens is 279 g/mol. The van der Waals surface area contributed by atoms with Gasteiger partial charge in [-0.1, -0.05) is 29.8 Å². The zero-order valence-electron chi connectivity index (χ0n) is 13.2. The number of aryl methyl sites for hydroxylation is 2. The molecule has 2 rings (SSSR count). The number of halogens is 1. The van der Waals surface area contributed by atoms with Gasteiger partial charge in [-0.25, -0.2) is 4.39 Å². The minimum atomic E-state index is -0.360. The highest BCUT2D eigenvalue weighted by Gasteiger charge is 2.09. The Hall–Kier alpha value is -2.20. The first-order valence-corrected chi connectivity index (χ1v) is 7.24. The van der Waals surface area contributed by atoms with Gasteiger partial charge in [-0.05, 0) is 50.2 Å². The van der Waals surface area contributed by atoms with Crippen LogP contribution in [0.4, 0.5) is 10.1 Å². The van der Waals surface area contributed by atoms with E-state index in [1.807, 2.05) is 11.9 Å². The lowest BCUT2D eigenvalue weighted by atomic mass is 10.1. The molecule has 0 heterocycles. The van der Waals surface area contributed by atoms with Crippen molar-refractivity contribution in [2.75, 3.05) is 18.9 Å². The summed E-state index contributed by atoms with van der Waals surface area (Å²) >= 11 is 0. The summed E-state index contributed by atoms with van der Waals surface area (Å²) in [6, 6.07) is 12.2. The average Bonchev–Trinajstić information content (AvgIpc) is 2.42. The Balaban J connectivity index is 1.92. The molecule has 0 unspecified atom stereocenters. The Morgan fingerprint density at radius 2 is 1.95 bits per heavy atom. The molecule has 0 radical (unpaired) electrons. The average molecular weight is 300 g/mol. The minimum absolute atomic E-state index is 0.154. The number of amides is 1. The second-order valence-electron chi connectivity index (χ2n) is 5.66. The van der Waals surface area contributed by atoms with Crippen LogP contribution in [0.3, 0.4) is 0 Å². The number of hydrogen-bond acceptors (Lipinski definition) is 2. The zero-order chi connectivity index (χ0) is 16.1. The van der Waals surface area contributed by atoms with Gasteiger partial charge in [-0.15, -0.1) is 0 Å². The van der Waals surface area contributed by atoms with Crippen molar-refractivity contribution in [3.05, 3.63) is 65.0 Å². The summed E-state index contributed by atoms with van der Waals surface area (Å²) in [5.74, 6) is -0.514. The third-order valence-corrected chi connectivity index (χ3v) is 3.47. The van der Waals surface area contributed by atoms with Crippen molar-refractivity contribution in [1.29, 1.82) is 0 Å². The van der Waals surface area contributed by atoms with Gasteiger partial charge in [-0.3, -0.25) is 9.69 Å². The minimum Gasteiger partial charge on any atom is -0.325 e. The molecule has 116 valence electrons. The van der Waals surface area contributed by atoms with Crippen LogP contribution in [0.2, 0.25) is 0 Å². The number of rotatable bonds is 5. The molecule has 0 saturated heterocycles. The third-order valence-electron chi connectivity index (χ3n) is 3.47. The quantitative estimate of drug-likeness (QED) is 0.916. The van der Waals surface area contributed by atoms with Gasteiger partial charge < -0.3 is 5.32 Å². The van der Waals surface area contributed by atoms with E-state index in [0.717, 1.165) is 0 Å². The molecule has 3 nitrogen and oxygen atoms in total. The first-order chi connectivity index (χ1) is 10.4. The smallest absolute Gasteiger partial charge is 0.238 e. The molecule has 2 aromatic carbocycles. The van der Waals surface area contributed by atoms with Gasteiger partial charge in [0.05, 0.1) is 6.54 Å². The number of carbonyl (C=O) groups excluding carboxylic acids is 1. The predicted molar refractivity (Wildman–Crippen MR) is 87.3 cm³/mol. The summed E-state index contributed by atoms with van der Waals surface area (Å²) in [5, 5.41) is 2.70. The molecule has 2 aromatic rings. The molecule has 0 aliphatic heterocycles. The normalized spacial score (nSPS) is 10.8. The Labute approximate surface area is 130 Å². The Kier molecular flexibility index (Phi) is 5.28. The van der Waals surface area contributed by atoms with Crippen molar-refractivity contribution in [2.24, 2.45) is 0 Å². The third kappa shape index (κ3) is 4.67. The van der Waals surface area contributed by atoms with E-state index >= 15 is 0 Å². The van der Waals surface area contributed by atoms with Crippen LogP contribution in [0.1, 0.15) is 16.7 Å². The van der Waals surface area contributed by atoms with Crippen molar-refractivity contribution >= 4 is 11.6 Å². The highest BCUT2D eigenvalue weighted by molar-refractivity contribution is 5.92. The van der Waals surface area contributed by atoms with E-state index in [9.17, 15) is 9.18 Å². The molecule has 22 heavy (non-hydrogen) atoms. The molecule has 0 atom stereocenters. The lowest BCUT2D eigenvalue weighted by Crippen LogP contribution is -2.30. The van der Waals surface area contributed by atoms with Gasteiger partial charge in [0.1, 0.15) is 5.82 Å². The second kappa shape index (κ2) is 7.18. The summed E-state index contributed by atoms with van der Waals surface area (Å²) in [7, 11) is 1.90. The number of hydrogen-bond donors (Lipinski definition) is 1. The maximum absolute atomic E-state index is 13.1. The number of nitrogens with zero attached hydrogens (tertiary/aromatic N) is 1. The molecule has 0 aliphatic carbocycles. The molecule has 0 bridgehead atoms. The first-order valence-electron chi connectivity index (χ1n) is 7.24. The Morgan fingerprint density at radius 1 is 1.18 bits per heavy atom. The lowest BCUT2D eigenvalue weighted by Gasteiger charge is -2.18. The van der Waals surface area contributed by atoms with Crippen LogP contribution in [0.25, 0.3) is 0 Å². The predicted octanol–water partition coefficient (Wildman–Crippen LogP) is 3.51. The molecule has 0 fully saturated rings. The van der Waals surface area contributed by atoms with Crippen molar-refractivity contribution in [2.45, 2.75) is 20.4 Å². The molecule has 0 saturated carbocycles. The van der Waals surface area contributed by atoms with E-state index in [-0.39, 0.29) is 18.3 Å². The standard InChI is InChI=1S/C18H21FN2O/c1-13-7-8-14(2)15(9-13)11-21(3)12-18(22)20-17-6-4-5-16(19)10-17/h4-10H,11-12H2,1-3H3,(H,20,22). The maximum atomic E-state index is 13.1. The van der Waals surface area contributed by atoms with Crippen LogP contribution < -0.4 is 5.32 Å². The van der Waals surface area contributed by atoms with Crippen molar-refractivity contribution in [1.82, 2.24) is 4.90 Å². The van der Waals surface area contributed by atoms with Gasteiger partial charge in [0.2, 0.25) is 5.91 Å². The van der Waals surface area contributed by atoms with E-state index < -0.39 is 0 Å². The van der Waals surface area contributed by atoms with Crippen LogP contribution in [-0.4, -0.2) is 24.4 Å². The van der Waals surface area contributed by atoms with Crippen LogP contribution >= 0.6 is 0 Å². The fourth-order valence-electron chi connectivity index (χ4n) is 2.33. The van der Waals surface area contributed by atoms with E-state index in [4.69, 9.17) is 0 Å². The number of likely N-dealkylation sites (N-methyl/N-ethyl adjacent to an activating group) is 1. The summed E-state index contributed by atoms with van der Waals surface area (Å²) < 4.78 is 13.1. The lowest BCUT2D eigenvalue weighted by molar-refractivity contribution is -0.117. The molecular formula is C18H21FN2O. The van der Waals surface area contributed by atoms with Gasteiger partial charge in [0, 0.05) is 12.2 Å². The maximum Gasteiger partial charge on any atom is 0.238 e. The van der Waals surface area contributed by atoms with Crippen LogP contribution in [0.5, 0.6) is 0 Å². The van der Waals surface area contributed by atoms with Crippen LogP contribution in [0.15, 0.2) is 42.5 Å². The fraction of sp³-hybridized carbons (Fsp3) is 0.278. The monoisotopic (exact) mass is 300 g/mol. The first kappa shape index (κ1) is 16.2. The SMILES string of the molecule is Cc1ccc(C)c(CN(C)CC(=O)Nc2cccc(F)c2)c1. The number of anilines is 1. The summed E-state index contributed by atoms with van der Waals surface area (Å²) in [5.41, 5.74) is 4.10. The highest BCUT2D eigenvalue weighted by Crippen LogP contribution is 2.13. The van der Waals surface area contributed by atoms with E-state index in [1.54, 1.807) is 12.1 Å². The van der Waals surface area contributed by atoms with Gasteiger partial charge in [-0.2, -0.15) is 0 Å². The number of nitrogens with one attached hydrogen (secondary N) is 1. The van der Waals surface area contributed by atoms with Crippen LogP contribution in [-0.2, 0) is 11.3 Å². The van der Waals surface area contributed by atoms with Crippen molar-refractivity contribution in [3.63, 3.8) is 0 Å². The van der Waals surface area contributed by atoms with Crippen molar-refractivity contribution < 1.29 is 9.18 Å². The fourth-order valence-corrected chi connectivity index (χ4v) is 2.33. The zero-order valence-corrected chi connectivity index (χ0v) is 13.2. The Bertz CT molecular complexity index is 670. The molecule has 4 heteroatoms. The van der Waals surface area contributed by atoms with E-state index in [1.165, 1.54) is 28.8 Å². The number of benzene rings is 2. The second-order valence-corrected chi connectivity index (χ2v) is 5.66. The van der Waals surface area contributed by atoms with Crippen LogP contribution in [0, 0.1) is 19.7 Å². The molecule has 1 amide bonds. The molecule has 1 N–H and O–H groups in total. The summed E-state index contributed by atoms with van der Waals surface area (Å²) in [6.07, 6.45) is 0. The van der Waals surface area contributed by atoms with Gasteiger partial charge >= 0.3 is 0 Å². The number of carbonyl (C=O) groups is 1. The molecule has 0 aromatic heterocycles. The summed E-state index contributed by atoms with van der Waals surface area (Å²) in [6.45, 7) is 5.07. The highest BCUT2D eigenvalue weighted by atomic mass is 19.1. The molecule has 0 aliphatic rings. The molecule has 0 spiro atoms. The van der Waals surface area contributed by atoms with E-state index in [2.05, 4.69) is 37.4 Å². The summed E-state index contributed by atoms with van der Waals surface area (Å²) in [4.78, 5) is 13.9. The topological polar surface area (TPSA) is 32.3 Å².